The van der Waals surface area contributed by atoms with Crippen molar-refractivity contribution in [2.45, 2.75) is 32.6 Å². The lowest BCUT2D eigenvalue weighted by Gasteiger charge is -2.42. The van der Waals surface area contributed by atoms with Crippen molar-refractivity contribution in [1.29, 1.82) is 0 Å². The Bertz CT molecular complexity index is 522. The Morgan fingerprint density at radius 1 is 1.25 bits per heavy atom. The van der Waals surface area contributed by atoms with E-state index in [1.54, 1.807) is 0 Å². The molecule has 1 aromatic rings. The summed E-state index contributed by atoms with van der Waals surface area (Å²) in [6, 6.07) is 10.7. The second kappa shape index (κ2) is 8.13. The second-order valence-corrected chi connectivity index (χ2v) is 7.55. The van der Waals surface area contributed by atoms with Crippen LogP contribution < -0.4 is 5.32 Å². The van der Waals surface area contributed by atoms with E-state index in [1.807, 2.05) is 6.92 Å². The molecule has 132 valence electrons. The Kier molecular flexibility index (Phi) is 5.90. The summed E-state index contributed by atoms with van der Waals surface area (Å²) in [5.74, 6) is 0.234. The van der Waals surface area contributed by atoms with Crippen LogP contribution in [0.2, 0.25) is 0 Å². The third-order valence-electron chi connectivity index (χ3n) is 5.56. The van der Waals surface area contributed by atoms with E-state index >= 15 is 0 Å². The van der Waals surface area contributed by atoms with Gasteiger partial charge in [0.25, 0.3) is 0 Å². The molecule has 4 nitrogen and oxygen atoms in total. The first-order valence-corrected chi connectivity index (χ1v) is 9.29. The molecular formula is C20H30N2O2. The SMILES string of the molecule is C[C@@H](CN1CCOCC1)C(=O)NCC1(Cc2ccccc2)CCC1. The second-order valence-electron chi connectivity index (χ2n) is 7.55. The summed E-state index contributed by atoms with van der Waals surface area (Å²) in [6.45, 7) is 7.14. The molecular weight excluding hydrogens is 300 g/mol. The molecule has 3 rings (SSSR count). The van der Waals surface area contributed by atoms with E-state index in [2.05, 4.69) is 40.5 Å². The maximum absolute atomic E-state index is 12.5. The number of carbonyl (C=O) groups excluding carboxylic acids is 1. The van der Waals surface area contributed by atoms with Gasteiger partial charge in [-0.3, -0.25) is 9.69 Å². The number of rotatable bonds is 7. The molecule has 2 aliphatic rings. The smallest absolute Gasteiger partial charge is 0.224 e. The van der Waals surface area contributed by atoms with Crippen LogP contribution >= 0.6 is 0 Å². The van der Waals surface area contributed by atoms with Crippen molar-refractivity contribution in [2.24, 2.45) is 11.3 Å². The zero-order valence-electron chi connectivity index (χ0n) is 14.8. The standard InChI is InChI=1S/C20H30N2O2/c1-17(15-22-10-12-24-13-11-22)19(23)21-16-20(8-5-9-20)14-18-6-3-2-4-7-18/h2-4,6-7,17H,5,8-16H2,1H3,(H,21,23)/t17-/m0/s1. The van der Waals surface area contributed by atoms with E-state index in [-0.39, 0.29) is 17.2 Å². The van der Waals surface area contributed by atoms with Crippen molar-refractivity contribution in [1.82, 2.24) is 10.2 Å². The number of benzene rings is 1. The number of carbonyl (C=O) groups is 1. The molecule has 2 fully saturated rings. The molecule has 0 unspecified atom stereocenters. The van der Waals surface area contributed by atoms with Gasteiger partial charge in [-0.2, -0.15) is 0 Å². The van der Waals surface area contributed by atoms with Gasteiger partial charge in [0.15, 0.2) is 0 Å². The minimum atomic E-state index is 0.0388. The van der Waals surface area contributed by atoms with Gasteiger partial charge in [0, 0.05) is 32.1 Å². The van der Waals surface area contributed by atoms with Crippen molar-refractivity contribution >= 4 is 5.91 Å². The highest BCUT2D eigenvalue weighted by molar-refractivity contribution is 5.78. The molecule has 1 aliphatic carbocycles. The Balaban J connectivity index is 1.47. The van der Waals surface area contributed by atoms with Gasteiger partial charge in [-0.25, -0.2) is 0 Å². The zero-order chi connectivity index (χ0) is 16.8. The maximum Gasteiger partial charge on any atom is 0.224 e. The molecule has 1 saturated carbocycles. The minimum Gasteiger partial charge on any atom is -0.379 e. The summed E-state index contributed by atoms with van der Waals surface area (Å²) >= 11 is 0. The topological polar surface area (TPSA) is 41.6 Å². The van der Waals surface area contributed by atoms with Gasteiger partial charge in [0.1, 0.15) is 0 Å². The predicted molar refractivity (Wildman–Crippen MR) is 95.9 cm³/mol. The lowest BCUT2D eigenvalue weighted by molar-refractivity contribution is -0.126. The molecule has 1 amide bonds. The molecule has 0 radical (unpaired) electrons. The average molecular weight is 330 g/mol. The average Bonchev–Trinajstić information content (AvgIpc) is 2.58. The number of ether oxygens (including phenoxy) is 1. The predicted octanol–water partition coefficient (Wildman–Crippen LogP) is 2.48. The highest BCUT2D eigenvalue weighted by atomic mass is 16.5. The van der Waals surface area contributed by atoms with Gasteiger partial charge in [0.05, 0.1) is 13.2 Å². The Hall–Kier alpha value is -1.39. The summed E-state index contributed by atoms with van der Waals surface area (Å²) < 4.78 is 5.37. The molecule has 0 bridgehead atoms. The Labute approximate surface area is 145 Å². The van der Waals surface area contributed by atoms with Gasteiger partial charge in [-0.1, -0.05) is 43.7 Å². The summed E-state index contributed by atoms with van der Waals surface area (Å²) in [5.41, 5.74) is 1.66. The first-order chi connectivity index (χ1) is 11.7. The van der Waals surface area contributed by atoms with Crippen molar-refractivity contribution in [2.75, 3.05) is 39.4 Å². The molecule has 1 N–H and O–H groups in total. The van der Waals surface area contributed by atoms with Crippen LogP contribution in [0.1, 0.15) is 31.7 Å². The Morgan fingerprint density at radius 3 is 2.58 bits per heavy atom. The summed E-state index contributed by atoms with van der Waals surface area (Å²) in [6.07, 6.45) is 4.80. The molecule has 1 aliphatic heterocycles. The van der Waals surface area contributed by atoms with Crippen molar-refractivity contribution < 1.29 is 9.53 Å². The monoisotopic (exact) mass is 330 g/mol. The van der Waals surface area contributed by atoms with Crippen LogP contribution in [0.4, 0.5) is 0 Å². The molecule has 24 heavy (non-hydrogen) atoms. The van der Waals surface area contributed by atoms with Crippen LogP contribution in [0.3, 0.4) is 0 Å². The van der Waals surface area contributed by atoms with E-state index in [0.29, 0.717) is 0 Å². The first-order valence-electron chi connectivity index (χ1n) is 9.29. The van der Waals surface area contributed by atoms with Crippen LogP contribution in [0.15, 0.2) is 30.3 Å². The van der Waals surface area contributed by atoms with E-state index in [4.69, 9.17) is 4.74 Å². The lowest BCUT2D eigenvalue weighted by atomic mass is 9.65. The summed E-state index contributed by atoms with van der Waals surface area (Å²) in [5, 5.41) is 3.24. The lowest BCUT2D eigenvalue weighted by Crippen LogP contribution is -2.47. The molecule has 1 aromatic carbocycles. The maximum atomic E-state index is 12.5. The third kappa shape index (κ3) is 4.58. The van der Waals surface area contributed by atoms with E-state index in [9.17, 15) is 4.79 Å². The van der Waals surface area contributed by atoms with Crippen LogP contribution in [0.5, 0.6) is 0 Å². The number of morpholine rings is 1. The molecule has 1 heterocycles. The third-order valence-corrected chi connectivity index (χ3v) is 5.56. The fourth-order valence-corrected chi connectivity index (χ4v) is 3.82. The highest BCUT2D eigenvalue weighted by Crippen LogP contribution is 2.43. The van der Waals surface area contributed by atoms with Crippen LogP contribution in [0, 0.1) is 11.3 Å². The quantitative estimate of drug-likeness (QED) is 0.835. The van der Waals surface area contributed by atoms with Gasteiger partial charge < -0.3 is 10.1 Å². The number of nitrogens with one attached hydrogen (secondary N) is 1. The molecule has 0 spiro atoms. The zero-order valence-corrected chi connectivity index (χ0v) is 14.8. The number of amides is 1. The van der Waals surface area contributed by atoms with Gasteiger partial charge in [-0.05, 0) is 30.2 Å². The van der Waals surface area contributed by atoms with E-state index < -0.39 is 0 Å². The molecule has 1 saturated heterocycles. The number of hydrogen-bond donors (Lipinski definition) is 1. The van der Waals surface area contributed by atoms with E-state index in [1.165, 1.54) is 24.8 Å². The van der Waals surface area contributed by atoms with Gasteiger partial charge in [0.2, 0.25) is 5.91 Å². The highest BCUT2D eigenvalue weighted by Gasteiger charge is 2.37. The molecule has 1 atom stereocenters. The van der Waals surface area contributed by atoms with Crippen molar-refractivity contribution in [3.05, 3.63) is 35.9 Å². The minimum absolute atomic E-state index is 0.0388. The summed E-state index contributed by atoms with van der Waals surface area (Å²) in [7, 11) is 0. The van der Waals surface area contributed by atoms with Gasteiger partial charge >= 0.3 is 0 Å². The molecule has 4 heteroatoms. The number of hydrogen-bond acceptors (Lipinski definition) is 3. The van der Waals surface area contributed by atoms with Gasteiger partial charge in [-0.15, -0.1) is 0 Å². The summed E-state index contributed by atoms with van der Waals surface area (Å²) in [4.78, 5) is 14.8. The number of nitrogens with zero attached hydrogens (tertiary/aromatic N) is 1. The van der Waals surface area contributed by atoms with Crippen molar-refractivity contribution in [3.63, 3.8) is 0 Å². The fraction of sp³-hybridized carbons (Fsp3) is 0.650. The molecule has 0 aromatic heterocycles. The van der Waals surface area contributed by atoms with Crippen LogP contribution in [0.25, 0.3) is 0 Å². The van der Waals surface area contributed by atoms with Crippen LogP contribution in [-0.4, -0.2) is 50.2 Å². The van der Waals surface area contributed by atoms with Crippen molar-refractivity contribution in [3.8, 4) is 0 Å². The van der Waals surface area contributed by atoms with E-state index in [0.717, 1.165) is 45.8 Å². The largest absolute Gasteiger partial charge is 0.379 e. The van der Waals surface area contributed by atoms with Crippen LogP contribution in [-0.2, 0) is 16.0 Å². The fourth-order valence-electron chi connectivity index (χ4n) is 3.82. The normalized spacial score (nSPS) is 21.7. The Morgan fingerprint density at radius 2 is 1.96 bits per heavy atom. The first kappa shape index (κ1) is 17.4.